The highest BCUT2D eigenvalue weighted by Crippen LogP contribution is 2.28. The summed E-state index contributed by atoms with van der Waals surface area (Å²) in [5.74, 6) is 0.640. The Bertz CT molecular complexity index is 1040. The zero-order valence-corrected chi connectivity index (χ0v) is 20.6. The summed E-state index contributed by atoms with van der Waals surface area (Å²) in [6.07, 6.45) is 6.35. The van der Waals surface area contributed by atoms with Gasteiger partial charge in [-0.1, -0.05) is 22.0 Å². The van der Waals surface area contributed by atoms with E-state index in [4.69, 9.17) is 11.1 Å². The third-order valence-corrected chi connectivity index (χ3v) is 7.15. The molecule has 6 nitrogen and oxygen atoms in total. The first-order chi connectivity index (χ1) is 15.9. The van der Waals surface area contributed by atoms with Gasteiger partial charge in [0, 0.05) is 54.4 Å². The molecule has 1 saturated heterocycles. The SMILES string of the molecule is CC1=CC(Br)=C/C(=C(/N)N2CCc3ccc(C(=O)N4CCC(NCCF)CC4)cc3C2)C1=N. The number of benzene rings is 1. The van der Waals surface area contributed by atoms with Crippen molar-refractivity contribution in [3.63, 3.8) is 0 Å². The van der Waals surface area contributed by atoms with Crippen LogP contribution in [0.3, 0.4) is 0 Å². The summed E-state index contributed by atoms with van der Waals surface area (Å²) in [6, 6.07) is 6.27. The molecule has 4 rings (SSSR count). The molecule has 1 aliphatic carbocycles. The second kappa shape index (κ2) is 10.2. The minimum Gasteiger partial charge on any atom is -0.385 e. The second-order valence-corrected chi connectivity index (χ2v) is 9.81. The molecule has 8 heteroatoms. The molecular formula is C25H31BrFN5O. The van der Waals surface area contributed by atoms with Crippen molar-refractivity contribution in [3.8, 4) is 0 Å². The molecule has 1 amide bonds. The van der Waals surface area contributed by atoms with E-state index in [0.29, 0.717) is 43.3 Å². The van der Waals surface area contributed by atoms with Gasteiger partial charge in [-0.2, -0.15) is 0 Å². The van der Waals surface area contributed by atoms with Gasteiger partial charge >= 0.3 is 0 Å². The number of alkyl halides is 1. The lowest BCUT2D eigenvalue weighted by Crippen LogP contribution is -2.45. The molecule has 2 aliphatic heterocycles. The molecule has 4 N–H and O–H groups in total. The first-order valence-electron chi connectivity index (χ1n) is 11.5. The minimum absolute atomic E-state index is 0.0480. The predicted octanol–water partition coefficient (Wildman–Crippen LogP) is 3.64. The maximum absolute atomic E-state index is 13.1. The van der Waals surface area contributed by atoms with Gasteiger partial charge in [-0.3, -0.25) is 10.2 Å². The van der Waals surface area contributed by atoms with Crippen molar-refractivity contribution in [1.29, 1.82) is 5.41 Å². The third-order valence-electron chi connectivity index (χ3n) is 6.69. The third kappa shape index (κ3) is 5.22. The molecule has 1 aromatic carbocycles. The van der Waals surface area contributed by atoms with Crippen LogP contribution in [0.5, 0.6) is 0 Å². The van der Waals surface area contributed by atoms with Gasteiger partial charge in [0.05, 0.1) is 5.71 Å². The molecule has 0 saturated carbocycles. The topological polar surface area (TPSA) is 85.5 Å². The smallest absolute Gasteiger partial charge is 0.253 e. The van der Waals surface area contributed by atoms with Gasteiger partial charge in [-0.15, -0.1) is 0 Å². The fourth-order valence-corrected chi connectivity index (χ4v) is 5.31. The number of nitrogens with zero attached hydrogens (tertiary/aromatic N) is 2. The quantitative estimate of drug-likeness (QED) is 0.558. The number of allylic oxidation sites excluding steroid dienone is 5. The number of carbonyl (C=O) groups is 1. The summed E-state index contributed by atoms with van der Waals surface area (Å²) in [5, 5.41) is 11.6. The van der Waals surface area contributed by atoms with Gasteiger partial charge in [0.1, 0.15) is 12.5 Å². The Labute approximate surface area is 203 Å². The van der Waals surface area contributed by atoms with Crippen LogP contribution in [0.1, 0.15) is 41.3 Å². The number of piperidine rings is 1. The highest BCUT2D eigenvalue weighted by atomic mass is 79.9. The average Bonchev–Trinajstić information content (AvgIpc) is 2.83. The van der Waals surface area contributed by atoms with E-state index in [-0.39, 0.29) is 18.6 Å². The van der Waals surface area contributed by atoms with Gasteiger partial charge in [0.15, 0.2) is 0 Å². The number of carbonyl (C=O) groups excluding carboxylic acids is 1. The summed E-state index contributed by atoms with van der Waals surface area (Å²) in [6.45, 7) is 4.67. The van der Waals surface area contributed by atoms with E-state index in [9.17, 15) is 9.18 Å². The van der Waals surface area contributed by atoms with Gasteiger partial charge in [-0.05, 0) is 67.2 Å². The van der Waals surface area contributed by atoms with Crippen molar-refractivity contribution in [3.05, 3.63) is 68.5 Å². The molecule has 0 aromatic heterocycles. The lowest BCUT2D eigenvalue weighted by Gasteiger charge is -2.34. The lowest BCUT2D eigenvalue weighted by molar-refractivity contribution is 0.0704. The maximum Gasteiger partial charge on any atom is 0.253 e. The zero-order chi connectivity index (χ0) is 23.5. The number of nitrogens with two attached hydrogens (primary N) is 1. The van der Waals surface area contributed by atoms with Crippen LogP contribution in [-0.4, -0.2) is 60.3 Å². The Morgan fingerprint density at radius 2 is 1.97 bits per heavy atom. The fourth-order valence-electron chi connectivity index (χ4n) is 4.74. The Balaban J connectivity index is 1.47. The standard InChI is InChI=1S/C25H31BrFN5O/c1-16-12-20(26)14-22(23(16)28)24(29)32-9-4-17-2-3-18(13-19(17)15-32)25(33)31-10-5-21(6-11-31)30-8-7-27/h2-3,12-14,21,28,30H,4-11,15,29H2,1H3/b24-22+,28-23?. The van der Waals surface area contributed by atoms with Crippen molar-refractivity contribution >= 4 is 27.5 Å². The summed E-state index contributed by atoms with van der Waals surface area (Å²) in [4.78, 5) is 17.1. The Morgan fingerprint density at radius 1 is 1.21 bits per heavy atom. The van der Waals surface area contributed by atoms with E-state index in [0.717, 1.165) is 47.0 Å². The zero-order valence-electron chi connectivity index (χ0n) is 19.0. The molecule has 0 bridgehead atoms. The number of halogens is 2. The molecule has 3 aliphatic rings. The summed E-state index contributed by atoms with van der Waals surface area (Å²) >= 11 is 3.51. The molecule has 0 radical (unpaired) electrons. The Morgan fingerprint density at radius 3 is 2.70 bits per heavy atom. The number of nitrogens with one attached hydrogen (secondary N) is 2. The Hall–Kier alpha value is -2.45. The summed E-state index contributed by atoms with van der Waals surface area (Å²) in [5.41, 5.74) is 11.6. The van der Waals surface area contributed by atoms with Crippen LogP contribution in [-0.2, 0) is 13.0 Å². The van der Waals surface area contributed by atoms with E-state index in [1.807, 2.05) is 36.1 Å². The fraction of sp³-hybridized carbons (Fsp3) is 0.440. The van der Waals surface area contributed by atoms with Gasteiger partial charge < -0.3 is 20.9 Å². The number of likely N-dealkylation sites (tertiary alicyclic amines) is 1. The van der Waals surface area contributed by atoms with Crippen LogP contribution in [0.15, 0.2) is 51.8 Å². The highest BCUT2D eigenvalue weighted by Gasteiger charge is 2.26. The molecule has 33 heavy (non-hydrogen) atoms. The lowest BCUT2D eigenvalue weighted by atomic mass is 9.94. The van der Waals surface area contributed by atoms with E-state index < -0.39 is 0 Å². The monoisotopic (exact) mass is 515 g/mol. The van der Waals surface area contributed by atoms with Gasteiger partial charge in [-0.25, -0.2) is 4.39 Å². The van der Waals surface area contributed by atoms with Crippen LogP contribution < -0.4 is 11.1 Å². The minimum atomic E-state index is -0.364. The molecular weight excluding hydrogens is 485 g/mol. The molecule has 176 valence electrons. The van der Waals surface area contributed by atoms with Crippen molar-refractivity contribution in [2.45, 2.75) is 38.8 Å². The number of fused-ring (bicyclic) bond motifs is 1. The van der Waals surface area contributed by atoms with E-state index in [1.165, 1.54) is 5.56 Å². The molecule has 0 spiro atoms. The van der Waals surface area contributed by atoms with E-state index in [1.54, 1.807) is 0 Å². The van der Waals surface area contributed by atoms with Crippen LogP contribution in [0.4, 0.5) is 4.39 Å². The van der Waals surface area contributed by atoms with Gasteiger partial charge in [0.25, 0.3) is 5.91 Å². The summed E-state index contributed by atoms with van der Waals surface area (Å²) < 4.78 is 13.3. The van der Waals surface area contributed by atoms with Crippen LogP contribution in [0.2, 0.25) is 0 Å². The number of rotatable bonds is 5. The first-order valence-corrected chi connectivity index (χ1v) is 12.3. The molecule has 0 unspecified atom stereocenters. The molecule has 1 aromatic rings. The number of hydrogen-bond acceptors (Lipinski definition) is 5. The average molecular weight is 516 g/mol. The molecule has 2 heterocycles. The largest absolute Gasteiger partial charge is 0.385 e. The van der Waals surface area contributed by atoms with Crippen molar-refractivity contribution in [2.24, 2.45) is 5.73 Å². The predicted molar refractivity (Wildman–Crippen MR) is 133 cm³/mol. The van der Waals surface area contributed by atoms with Crippen LogP contribution in [0.25, 0.3) is 0 Å². The maximum atomic E-state index is 13.1. The number of hydrogen-bond donors (Lipinski definition) is 3. The van der Waals surface area contributed by atoms with Crippen LogP contribution >= 0.6 is 15.9 Å². The Kier molecular flexibility index (Phi) is 7.34. The van der Waals surface area contributed by atoms with Crippen LogP contribution in [0, 0.1) is 5.41 Å². The summed E-state index contributed by atoms with van der Waals surface area (Å²) in [7, 11) is 0. The van der Waals surface area contributed by atoms with E-state index >= 15 is 0 Å². The highest BCUT2D eigenvalue weighted by molar-refractivity contribution is 9.11. The molecule has 1 fully saturated rings. The normalized spacial score (nSPS) is 20.9. The van der Waals surface area contributed by atoms with E-state index in [2.05, 4.69) is 32.2 Å². The molecule has 0 atom stereocenters. The van der Waals surface area contributed by atoms with Crippen molar-refractivity contribution < 1.29 is 9.18 Å². The second-order valence-electron chi connectivity index (χ2n) is 8.90. The van der Waals surface area contributed by atoms with Crippen molar-refractivity contribution in [2.75, 3.05) is 32.9 Å². The first kappa shape index (κ1) is 23.7. The van der Waals surface area contributed by atoms with Crippen molar-refractivity contribution in [1.82, 2.24) is 15.1 Å². The number of amides is 1. The van der Waals surface area contributed by atoms with Gasteiger partial charge in [0.2, 0.25) is 0 Å².